The van der Waals surface area contributed by atoms with E-state index in [1.54, 1.807) is 43.3 Å². The predicted octanol–water partition coefficient (Wildman–Crippen LogP) is 4.68. The summed E-state index contributed by atoms with van der Waals surface area (Å²) in [5.74, 6) is 0.0631. The molecule has 0 bridgehead atoms. The molecule has 0 saturated carbocycles. The molecule has 0 radical (unpaired) electrons. The van der Waals surface area contributed by atoms with E-state index in [-0.39, 0.29) is 18.4 Å². The Morgan fingerprint density at radius 3 is 2.31 bits per heavy atom. The van der Waals surface area contributed by atoms with E-state index in [2.05, 4.69) is 10.6 Å². The molecule has 3 rings (SSSR count). The normalized spacial score (nSPS) is 11.4. The van der Waals surface area contributed by atoms with Gasteiger partial charge in [-0.15, -0.1) is 0 Å². The summed E-state index contributed by atoms with van der Waals surface area (Å²) < 4.78 is 5.75. The second kappa shape index (κ2) is 9.75. The van der Waals surface area contributed by atoms with Crippen LogP contribution in [0.2, 0.25) is 5.02 Å². The standard InChI is InChI=1S/C23H21ClN2O3/c1-16(22(27)26-19-13-11-18(24)12-14-19)25-23(28)21-10-6-5-7-17(21)15-29-20-8-3-2-4-9-20/h2-14,16H,15H2,1H3,(H,25,28)(H,26,27)/t16-/m0/s1. The van der Waals surface area contributed by atoms with Gasteiger partial charge in [-0.1, -0.05) is 48.0 Å². The van der Waals surface area contributed by atoms with Gasteiger partial charge < -0.3 is 15.4 Å². The zero-order valence-corrected chi connectivity index (χ0v) is 16.6. The van der Waals surface area contributed by atoms with Crippen LogP contribution in [0.1, 0.15) is 22.8 Å². The van der Waals surface area contributed by atoms with E-state index in [4.69, 9.17) is 16.3 Å². The largest absolute Gasteiger partial charge is 0.489 e. The van der Waals surface area contributed by atoms with Crippen LogP contribution >= 0.6 is 11.6 Å². The predicted molar refractivity (Wildman–Crippen MR) is 114 cm³/mol. The summed E-state index contributed by atoms with van der Waals surface area (Å²) in [6.45, 7) is 1.88. The van der Waals surface area contributed by atoms with E-state index in [1.165, 1.54) is 0 Å². The maximum atomic E-state index is 12.7. The van der Waals surface area contributed by atoms with Gasteiger partial charge in [0.1, 0.15) is 18.4 Å². The second-order valence-corrected chi connectivity index (χ2v) is 6.89. The minimum absolute atomic E-state index is 0.249. The first-order chi connectivity index (χ1) is 14.0. The van der Waals surface area contributed by atoms with E-state index in [1.807, 2.05) is 42.5 Å². The van der Waals surface area contributed by atoms with Crippen LogP contribution in [0.3, 0.4) is 0 Å². The number of amides is 2. The molecule has 0 spiro atoms. The molecule has 0 heterocycles. The number of ether oxygens (including phenoxy) is 1. The fraction of sp³-hybridized carbons (Fsp3) is 0.130. The van der Waals surface area contributed by atoms with Gasteiger partial charge in [0.05, 0.1) is 0 Å². The fourth-order valence-electron chi connectivity index (χ4n) is 2.67. The van der Waals surface area contributed by atoms with Crippen LogP contribution in [0.5, 0.6) is 5.75 Å². The van der Waals surface area contributed by atoms with Crippen molar-refractivity contribution in [3.8, 4) is 5.75 Å². The van der Waals surface area contributed by atoms with Gasteiger partial charge in [-0.3, -0.25) is 9.59 Å². The van der Waals surface area contributed by atoms with Gasteiger partial charge >= 0.3 is 0 Å². The lowest BCUT2D eigenvalue weighted by atomic mass is 10.1. The van der Waals surface area contributed by atoms with Crippen LogP contribution in [0.15, 0.2) is 78.9 Å². The summed E-state index contributed by atoms with van der Waals surface area (Å²) >= 11 is 5.85. The highest BCUT2D eigenvalue weighted by molar-refractivity contribution is 6.30. The summed E-state index contributed by atoms with van der Waals surface area (Å²) in [6.07, 6.45) is 0. The van der Waals surface area contributed by atoms with Gasteiger partial charge in [0.2, 0.25) is 5.91 Å². The first-order valence-electron chi connectivity index (χ1n) is 9.16. The highest BCUT2D eigenvalue weighted by Gasteiger charge is 2.18. The fourth-order valence-corrected chi connectivity index (χ4v) is 2.80. The minimum atomic E-state index is -0.721. The Balaban J connectivity index is 1.62. The summed E-state index contributed by atoms with van der Waals surface area (Å²) in [4.78, 5) is 25.1. The molecule has 3 aromatic rings. The van der Waals surface area contributed by atoms with Crippen LogP contribution in [0.25, 0.3) is 0 Å². The van der Waals surface area contributed by atoms with Crippen molar-refractivity contribution >= 4 is 29.1 Å². The van der Waals surface area contributed by atoms with Crippen LogP contribution in [-0.2, 0) is 11.4 Å². The molecule has 5 nitrogen and oxygen atoms in total. The first kappa shape index (κ1) is 20.4. The highest BCUT2D eigenvalue weighted by atomic mass is 35.5. The molecule has 6 heteroatoms. The van der Waals surface area contributed by atoms with Crippen molar-refractivity contribution in [2.75, 3.05) is 5.32 Å². The number of hydrogen-bond donors (Lipinski definition) is 2. The Hall–Kier alpha value is -3.31. The smallest absolute Gasteiger partial charge is 0.252 e. The highest BCUT2D eigenvalue weighted by Crippen LogP contribution is 2.16. The zero-order chi connectivity index (χ0) is 20.6. The van der Waals surface area contributed by atoms with Gasteiger partial charge in [0.25, 0.3) is 5.91 Å². The number of nitrogens with one attached hydrogen (secondary N) is 2. The molecule has 0 aliphatic carbocycles. The lowest BCUT2D eigenvalue weighted by Gasteiger charge is -2.16. The number of hydrogen-bond acceptors (Lipinski definition) is 3. The van der Waals surface area contributed by atoms with E-state index in [0.29, 0.717) is 16.3 Å². The lowest BCUT2D eigenvalue weighted by Crippen LogP contribution is -2.41. The molecule has 0 saturated heterocycles. The molecule has 148 valence electrons. The molecule has 1 atom stereocenters. The second-order valence-electron chi connectivity index (χ2n) is 6.45. The van der Waals surface area contributed by atoms with E-state index in [0.717, 1.165) is 11.3 Å². The number of carbonyl (C=O) groups is 2. The number of carbonyl (C=O) groups excluding carboxylic acids is 2. The van der Waals surface area contributed by atoms with Gasteiger partial charge in [-0.25, -0.2) is 0 Å². The van der Waals surface area contributed by atoms with Crippen LogP contribution in [0.4, 0.5) is 5.69 Å². The first-order valence-corrected chi connectivity index (χ1v) is 9.54. The average Bonchev–Trinajstić information content (AvgIpc) is 2.74. The Morgan fingerprint density at radius 1 is 0.931 bits per heavy atom. The number of rotatable bonds is 7. The topological polar surface area (TPSA) is 67.4 Å². The van der Waals surface area contributed by atoms with Crippen LogP contribution in [0, 0.1) is 0 Å². The third-order valence-electron chi connectivity index (χ3n) is 4.25. The van der Waals surface area contributed by atoms with E-state index in [9.17, 15) is 9.59 Å². The van der Waals surface area contributed by atoms with Gasteiger partial charge in [0.15, 0.2) is 0 Å². The summed E-state index contributed by atoms with van der Waals surface area (Å²) in [6, 6.07) is 22.6. The third kappa shape index (κ3) is 5.83. The summed E-state index contributed by atoms with van der Waals surface area (Å²) in [5, 5.41) is 6.07. The Kier molecular flexibility index (Phi) is 6.87. The molecule has 0 aliphatic rings. The SMILES string of the molecule is C[C@H](NC(=O)c1ccccc1COc1ccccc1)C(=O)Nc1ccc(Cl)cc1. The van der Waals surface area contributed by atoms with Crippen molar-refractivity contribution in [3.05, 3.63) is 95.0 Å². The monoisotopic (exact) mass is 408 g/mol. The van der Waals surface area contributed by atoms with Gasteiger partial charge in [-0.05, 0) is 49.4 Å². The molecule has 0 aliphatic heterocycles. The molecule has 29 heavy (non-hydrogen) atoms. The van der Waals surface area contributed by atoms with Crippen molar-refractivity contribution in [3.63, 3.8) is 0 Å². The molecular formula is C23H21ClN2O3. The molecule has 0 aromatic heterocycles. The van der Waals surface area contributed by atoms with Crippen LogP contribution in [-0.4, -0.2) is 17.9 Å². The molecule has 2 N–H and O–H groups in total. The van der Waals surface area contributed by atoms with Crippen molar-refractivity contribution in [1.82, 2.24) is 5.32 Å². The quantitative estimate of drug-likeness (QED) is 0.596. The Labute approximate surface area is 174 Å². The lowest BCUT2D eigenvalue weighted by molar-refractivity contribution is -0.117. The van der Waals surface area contributed by atoms with Crippen molar-refractivity contribution in [1.29, 1.82) is 0 Å². The Bertz CT molecular complexity index is 975. The Morgan fingerprint density at radius 2 is 1.59 bits per heavy atom. The van der Waals surface area contributed by atoms with Crippen molar-refractivity contribution < 1.29 is 14.3 Å². The number of anilines is 1. The molecular weight excluding hydrogens is 388 g/mol. The van der Waals surface area contributed by atoms with Crippen molar-refractivity contribution in [2.24, 2.45) is 0 Å². The minimum Gasteiger partial charge on any atom is -0.489 e. The number of halogens is 1. The average molecular weight is 409 g/mol. The van der Waals surface area contributed by atoms with Crippen molar-refractivity contribution in [2.45, 2.75) is 19.6 Å². The molecule has 3 aromatic carbocycles. The molecule has 0 unspecified atom stereocenters. The number of benzene rings is 3. The number of para-hydroxylation sites is 1. The summed E-state index contributed by atoms with van der Waals surface area (Å²) in [7, 11) is 0. The zero-order valence-electron chi connectivity index (χ0n) is 15.9. The van der Waals surface area contributed by atoms with E-state index < -0.39 is 6.04 Å². The van der Waals surface area contributed by atoms with E-state index >= 15 is 0 Å². The van der Waals surface area contributed by atoms with Crippen LogP contribution < -0.4 is 15.4 Å². The van der Waals surface area contributed by atoms with Gasteiger partial charge in [0, 0.05) is 21.8 Å². The maximum absolute atomic E-state index is 12.7. The maximum Gasteiger partial charge on any atom is 0.252 e. The summed E-state index contributed by atoms with van der Waals surface area (Å²) in [5.41, 5.74) is 1.81. The molecule has 0 fully saturated rings. The van der Waals surface area contributed by atoms with Gasteiger partial charge in [-0.2, -0.15) is 0 Å². The molecule has 2 amide bonds. The third-order valence-corrected chi connectivity index (χ3v) is 4.50.